The Hall–Kier alpha value is -1.34. The van der Waals surface area contributed by atoms with Gasteiger partial charge in [-0.05, 0) is 30.3 Å². The summed E-state index contributed by atoms with van der Waals surface area (Å²) in [4.78, 5) is 16.7. The number of anilines is 1. The summed E-state index contributed by atoms with van der Waals surface area (Å²) >= 11 is 13.3. The molecule has 0 saturated carbocycles. The van der Waals surface area contributed by atoms with Gasteiger partial charge in [0, 0.05) is 10.6 Å². The lowest BCUT2D eigenvalue weighted by Gasteiger charge is -2.04. The Balaban J connectivity index is 0.00000208. The molecule has 24 heavy (non-hydrogen) atoms. The number of ketones is 1. The van der Waals surface area contributed by atoms with Gasteiger partial charge in [0.2, 0.25) is 0 Å². The molecule has 3 rings (SSSR count). The van der Waals surface area contributed by atoms with Crippen molar-refractivity contribution in [1.29, 1.82) is 0 Å². The van der Waals surface area contributed by atoms with E-state index in [2.05, 4.69) is 10.3 Å². The molecule has 0 aliphatic rings. The molecule has 8 heteroatoms. The van der Waals surface area contributed by atoms with Crippen LogP contribution in [0.5, 0.6) is 5.75 Å². The van der Waals surface area contributed by atoms with Crippen molar-refractivity contribution in [1.82, 2.24) is 4.98 Å². The van der Waals surface area contributed by atoms with Gasteiger partial charge in [-0.25, -0.2) is 4.98 Å². The van der Waals surface area contributed by atoms with E-state index in [-0.39, 0.29) is 29.3 Å². The second kappa shape index (κ2) is 8.16. The van der Waals surface area contributed by atoms with E-state index in [4.69, 9.17) is 27.9 Å². The number of benzene rings is 2. The number of ether oxygens (including phenoxy) is 1. The zero-order valence-electron chi connectivity index (χ0n) is 12.5. The van der Waals surface area contributed by atoms with Crippen LogP contribution in [0.3, 0.4) is 0 Å². The zero-order chi connectivity index (χ0) is 16.4. The van der Waals surface area contributed by atoms with Crippen LogP contribution < -0.4 is 10.1 Å². The van der Waals surface area contributed by atoms with Crippen LogP contribution in [0.1, 0.15) is 10.4 Å². The minimum absolute atomic E-state index is 0. The van der Waals surface area contributed by atoms with Crippen LogP contribution in [0, 0.1) is 0 Å². The predicted octanol–water partition coefficient (Wildman–Crippen LogP) is 5.48. The van der Waals surface area contributed by atoms with Crippen LogP contribution in [0.25, 0.3) is 10.2 Å². The quantitative estimate of drug-likeness (QED) is 0.525. The minimum Gasteiger partial charge on any atom is -0.494 e. The summed E-state index contributed by atoms with van der Waals surface area (Å²) in [7, 11) is 1.60. The SMILES string of the molecule is Br.COc1cccc2sc(NCC(=O)c3ccc(Cl)cc3Cl)nc12. The highest BCUT2D eigenvalue weighted by atomic mass is 79.9. The first-order chi connectivity index (χ1) is 11.1. The van der Waals surface area contributed by atoms with Crippen LogP contribution >= 0.6 is 51.5 Å². The maximum absolute atomic E-state index is 12.3. The number of para-hydroxylation sites is 1. The van der Waals surface area contributed by atoms with Gasteiger partial charge >= 0.3 is 0 Å². The highest BCUT2D eigenvalue weighted by Crippen LogP contribution is 2.32. The van der Waals surface area contributed by atoms with Gasteiger partial charge in [-0.2, -0.15) is 0 Å². The molecule has 3 aromatic rings. The summed E-state index contributed by atoms with van der Waals surface area (Å²) in [5.74, 6) is 0.580. The predicted molar refractivity (Wildman–Crippen MR) is 106 cm³/mol. The molecule has 0 atom stereocenters. The van der Waals surface area contributed by atoms with Gasteiger partial charge in [-0.1, -0.05) is 40.6 Å². The van der Waals surface area contributed by atoms with E-state index in [0.29, 0.717) is 26.5 Å². The van der Waals surface area contributed by atoms with Crippen molar-refractivity contribution >= 4 is 72.7 Å². The number of methoxy groups -OCH3 is 1. The maximum Gasteiger partial charge on any atom is 0.184 e. The Morgan fingerprint density at radius 2 is 2.08 bits per heavy atom. The number of carbonyl (C=O) groups excluding carboxylic acids is 1. The first kappa shape index (κ1) is 19.0. The van der Waals surface area contributed by atoms with Gasteiger partial charge in [0.25, 0.3) is 0 Å². The summed E-state index contributed by atoms with van der Waals surface area (Å²) in [5.41, 5.74) is 1.21. The number of halogens is 3. The zero-order valence-corrected chi connectivity index (χ0v) is 16.5. The van der Waals surface area contributed by atoms with Crippen molar-refractivity contribution in [2.75, 3.05) is 19.0 Å². The van der Waals surface area contributed by atoms with Crippen LogP contribution in [-0.2, 0) is 0 Å². The average Bonchev–Trinajstić information content (AvgIpc) is 2.95. The molecule has 0 spiro atoms. The van der Waals surface area contributed by atoms with Gasteiger partial charge in [0.15, 0.2) is 10.9 Å². The normalized spacial score (nSPS) is 10.3. The van der Waals surface area contributed by atoms with Crippen molar-refractivity contribution in [3.8, 4) is 5.75 Å². The molecule has 0 radical (unpaired) electrons. The van der Waals surface area contributed by atoms with Crippen LogP contribution in [0.15, 0.2) is 36.4 Å². The fourth-order valence-corrected chi connectivity index (χ4v) is 3.52. The smallest absolute Gasteiger partial charge is 0.184 e. The molecule has 1 aromatic heterocycles. The lowest BCUT2D eigenvalue weighted by Crippen LogP contribution is -2.14. The maximum atomic E-state index is 12.3. The first-order valence-corrected chi connectivity index (χ1v) is 8.31. The summed E-state index contributed by atoms with van der Waals surface area (Å²) in [5, 5.41) is 4.53. The molecule has 0 amide bonds. The topological polar surface area (TPSA) is 51.2 Å². The number of hydrogen-bond donors (Lipinski definition) is 1. The van der Waals surface area contributed by atoms with Crippen molar-refractivity contribution in [3.05, 3.63) is 52.0 Å². The van der Waals surface area contributed by atoms with Gasteiger partial charge in [-0.15, -0.1) is 17.0 Å². The lowest BCUT2D eigenvalue weighted by molar-refractivity contribution is 0.101. The number of Topliss-reactive ketones (excluding diaryl/α,β-unsaturated/α-hetero) is 1. The standard InChI is InChI=1S/C16H12Cl2N2O2S.BrH/c1-22-13-3-2-4-14-15(13)20-16(23-14)19-8-12(21)10-6-5-9(17)7-11(10)18;/h2-7H,8H2,1H3,(H,19,20);1H. The lowest BCUT2D eigenvalue weighted by atomic mass is 10.1. The van der Waals surface area contributed by atoms with Crippen molar-refractivity contribution in [2.45, 2.75) is 0 Å². The van der Waals surface area contributed by atoms with E-state index in [0.717, 1.165) is 10.2 Å². The third kappa shape index (κ3) is 4.00. The van der Waals surface area contributed by atoms with E-state index in [1.807, 2.05) is 18.2 Å². The molecule has 0 bridgehead atoms. The average molecular weight is 448 g/mol. The van der Waals surface area contributed by atoms with Crippen molar-refractivity contribution < 1.29 is 9.53 Å². The van der Waals surface area contributed by atoms with Crippen molar-refractivity contribution in [3.63, 3.8) is 0 Å². The second-order valence-corrected chi connectivity index (χ2v) is 6.60. The number of nitrogens with one attached hydrogen (secondary N) is 1. The molecular formula is C16H13BrCl2N2O2S. The highest BCUT2D eigenvalue weighted by Gasteiger charge is 2.13. The minimum atomic E-state index is -0.127. The Labute approximate surface area is 163 Å². The summed E-state index contributed by atoms with van der Waals surface area (Å²) < 4.78 is 6.27. The van der Waals surface area contributed by atoms with Crippen LogP contribution in [0.4, 0.5) is 5.13 Å². The third-order valence-electron chi connectivity index (χ3n) is 3.23. The molecule has 2 aromatic carbocycles. The summed E-state index contributed by atoms with van der Waals surface area (Å²) in [6, 6.07) is 10.5. The Kier molecular flexibility index (Phi) is 6.46. The highest BCUT2D eigenvalue weighted by molar-refractivity contribution is 8.93. The van der Waals surface area contributed by atoms with Crippen LogP contribution in [0.2, 0.25) is 10.0 Å². The van der Waals surface area contributed by atoms with Gasteiger partial charge in [0.1, 0.15) is 11.3 Å². The number of rotatable bonds is 5. The van der Waals surface area contributed by atoms with Crippen LogP contribution in [-0.4, -0.2) is 24.4 Å². The number of carbonyl (C=O) groups is 1. The second-order valence-electron chi connectivity index (χ2n) is 4.73. The number of hydrogen-bond acceptors (Lipinski definition) is 5. The Bertz CT molecular complexity index is 886. The molecule has 0 unspecified atom stereocenters. The van der Waals surface area contributed by atoms with Gasteiger partial charge in [0.05, 0.1) is 23.4 Å². The fraction of sp³-hybridized carbons (Fsp3) is 0.125. The van der Waals surface area contributed by atoms with Gasteiger partial charge in [-0.3, -0.25) is 4.79 Å². The number of aromatic nitrogens is 1. The molecule has 0 fully saturated rings. The van der Waals surface area contributed by atoms with E-state index in [9.17, 15) is 4.79 Å². The molecule has 126 valence electrons. The summed E-state index contributed by atoms with van der Waals surface area (Å²) in [6.45, 7) is 0.101. The summed E-state index contributed by atoms with van der Waals surface area (Å²) in [6.07, 6.45) is 0. The molecular weight excluding hydrogens is 435 g/mol. The van der Waals surface area contributed by atoms with Crippen molar-refractivity contribution in [2.24, 2.45) is 0 Å². The number of nitrogens with zero attached hydrogens (tertiary/aromatic N) is 1. The largest absolute Gasteiger partial charge is 0.494 e. The van der Waals surface area contributed by atoms with E-state index >= 15 is 0 Å². The first-order valence-electron chi connectivity index (χ1n) is 6.74. The van der Waals surface area contributed by atoms with E-state index in [1.165, 1.54) is 11.3 Å². The van der Waals surface area contributed by atoms with Gasteiger partial charge < -0.3 is 10.1 Å². The molecule has 0 saturated heterocycles. The molecule has 1 heterocycles. The number of thiazole rings is 1. The molecule has 1 N–H and O–H groups in total. The molecule has 0 aliphatic carbocycles. The molecule has 0 aliphatic heterocycles. The Morgan fingerprint density at radius 1 is 1.29 bits per heavy atom. The fourth-order valence-electron chi connectivity index (χ4n) is 2.13. The molecule has 4 nitrogen and oxygen atoms in total. The monoisotopic (exact) mass is 446 g/mol. The number of fused-ring (bicyclic) bond motifs is 1. The van der Waals surface area contributed by atoms with E-state index in [1.54, 1.807) is 25.3 Å². The van der Waals surface area contributed by atoms with E-state index < -0.39 is 0 Å². The third-order valence-corrected chi connectivity index (χ3v) is 4.76. The Morgan fingerprint density at radius 3 is 2.79 bits per heavy atom.